The minimum atomic E-state index is -0.339. The Labute approximate surface area is 114 Å². The highest BCUT2D eigenvalue weighted by Crippen LogP contribution is 2.13. The Hall–Kier alpha value is -1.07. The molecule has 0 aliphatic carbocycles. The molecule has 0 spiro atoms. The van der Waals surface area contributed by atoms with Gasteiger partial charge in [0.25, 0.3) is 5.91 Å². The van der Waals surface area contributed by atoms with Crippen LogP contribution in [0.25, 0.3) is 0 Å². The summed E-state index contributed by atoms with van der Waals surface area (Å²) in [6.45, 7) is 7.98. The first-order valence-electron chi connectivity index (χ1n) is 5.93. The minimum absolute atomic E-state index is 0. The average Bonchev–Trinajstić information content (AvgIpc) is 2.66. The highest BCUT2D eigenvalue weighted by atomic mass is 35.5. The number of halogens is 1. The minimum Gasteiger partial charge on any atom is -0.361 e. The van der Waals surface area contributed by atoms with Gasteiger partial charge in [-0.25, -0.2) is 0 Å². The van der Waals surface area contributed by atoms with Crippen LogP contribution in [0.15, 0.2) is 4.52 Å². The van der Waals surface area contributed by atoms with Crippen LogP contribution in [-0.2, 0) is 0 Å². The van der Waals surface area contributed by atoms with Crippen LogP contribution in [0.3, 0.4) is 0 Å². The van der Waals surface area contributed by atoms with Crippen LogP contribution in [0.1, 0.15) is 48.5 Å². The van der Waals surface area contributed by atoms with Crippen LogP contribution in [0.4, 0.5) is 0 Å². The first-order valence-corrected chi connectivity index (χ1v) is 5.93. The zero-order chi connectivity index (χ0) is 13.1. The summed E-state index contributed by atoms with van der Waals surface area (Å²) < 4.78 is 4.96. The fourth-order valence-electron chi connectivity index (χ4n) is 1.65. The first kappa shape index (κ1) is 16.9. The number of carbonyl (C=O) groups is 1. The van der Waals surface area contributed by atoms with E-state index in [-0.39, 0.29) is 23.9 Å². The van der Waals surface area contributed by atoms with Gasteiger partial charge in [0.15, 0.2) is 0 Å². The molecule has 1 amide bonds. The van der Waals surface area contributed by atoms with Gasteiger partial charge in [-0.3, -0.25) is 4.79 Å². The van der Waals surface area contributed by atoms with Crippen molar-refractivity contribution in [2.45, 2.75) is 46.1 Å². The van der Waals surface area contributed by atoms with Crippen LogP contribution in [-0.4, -0.2) is 23.1 Å². The number of nitrogens with one attached hydrogen (secondary N) is 1. The summed E-state index contributed by atoms with van der Waals surface area (Å²) in [5.74, 6) is 0.369. The third-order valence-corrected chi connectivity index (χ3v) is 3.27. The summed E-state index contributed by atoms with van der Waals surface area (Å²) in [5, 5.41) is 6.60. The van der Waals surface area contributed by atoms with Gasteiger partial charge in [-0.1, -0.05) is 19.0 Å². The maximum absolute atomic E-state index is 12.0. The molecule has 1 aromatic heterocycles. The summed E-state index contributed by atoms with van der Waals surface area (Å²) in [5.41, 5.74) is 6.90. The number of aryl methyl sites for hydroxylation is 2. The molecule has 1 aromatic rings. The molecule has 0 aliphatic rings. The van der Waals surface area contributed by atoms with Crippen molar-refractivity contribution in [2.24, 2.45) is 5.73 Å². The molecule has 0 aromatic carbocycles. The van der Waals surface area contributed by atoms with Gasteiger partial charge < -0.3 is 15.6 Å². The molecule has 1 heterocycles. The highest BCUT2D eigenvalue weighted by molar-refractivity contribution is 5.96. The Morgan fingerprint density at radius 3 is 2.33 bits per heavy atom. The monoisotopic (exact) mass is 275 g/mol. The standard InChI is InChI=1S/C12H21N3O2.ClH/c1-5-12(13,6-2)7-14-11(16)10-8(3)15-17-9(10)4;/h5-7,13H2,1-4H3,(H,14,16);1H. The Balaban J connectivity index is 0.00000289. The van der Waals surface area contributed by atoms with Crippen molar-refractivity contribution >= 4 is 18.3 Å². The van der Waals surface area contributed by atoms with Gasteiger partial charge in [0, 0.05) is 12.1 Å². The van der Waals surface area contributed by atoms with E-state index in [0.29, 0.717) is 23.6 Å². The molecule has 0 saturated carbocycles. The molecule has 0 unspecified atom stereocenters. The summed E-state index contributed by atoms with van der Waals surface area (Å²) in [7, 11) is 0. The lowest BCUT2D eigenvalue weighted by atomic mass is 9.94. The van der Waals surface area contributed by atoms with E-state index in [2.05, 4.69) is 10.5 Å². The van der Waals surface area contributed by atoms with Crippen LogP contribution in [0.5, 0.6) is 0 Å². The first-order chi connectivity index (χ1) is 7.93. The van der Waals surface area contributed by atoms with Gasteiger partial charge in [0.2, 0.25) is 0 Å². The number of hydrogen-bond acceptors (Lipinski definition) is 4. The van der Waals surface area contributed by atoms with E-state index >= 15 is 0 Å². The van der Waals surface area contributed by atoms with Crippen LogP contribution in [0.2, 0.25) is 0 Å². The number of rotatable bonds is 5. The van der Waals surface area contributed by atoms with Gasteiger partial charge >= 0.3 is 0 Å². The second-order valence-corrected chi connectivity index (χ2v) is 4.45. The predicted octanol–water partition coefficient (Wildman–Crippen LogP) is 1.96. The maximum atomic E-state index is 12.0. The molecule has 3 N–H and O–H groups in total. The van der Waals surface area contributed by atoms with E-state index < -0.39 is 0 Å². The lowest BCUT2D eigenvalue weighted by molar-refractivity contribution is 0.0940. The van der Waals surface area contributed by atoms with Gasteiger partial charge in [-0.15, -0.1) is 12.4 Å². The lowest BCUT2D eigenvalue weighted by Crippen LogP contribution is -2.49. The van der Waals surface area contributed by atoms with E-state index in [1.807, 2.05) is 13.8 Å². The molecule has 18 heavy (non-hydrogen) atoms. The molecule has 1 rings (SSSR count). The van der Waals surface area contributed by atoms with Crippen molar-refractivity contribution in [3.8, 4) is 0 Å². The number of amides is 1. The molecular weight excluding hydrogens is 254 g/mol. The summed E-state index contributed by atoms with van der Waals surface area (Å²) in [6, 6.07) is 0. The van der Waals surface area contributed by atoms with E-state index in [9.17, 15) is 4.79 Å². The SMILES string of the molecule is CCC(N)(CC)CNC(=O)c1c(C)noc1C.Cl. The molecule has 5 nitrogen and oxygen atoms in total. The van der Waals surface area contributed by atoms with Gasteiger partial charge in [-0.05, 0) is 26.7 Å². The summed E-state index contributed by atoms with van der Waals surface area (Å²) in [4.78, 5) is 12.0. The normalized spacial score (nSPS) is 10.9. The van der Waals surface area contributed by atoms with Crippen molar-refractivity contribution < 1.29 is 9.32 Å². The number of hydrogen-bond donors (Lipinski definition) is 2. The van der Waals surface area contributed by atoms with Crippen molar-refractivity contribution in [1.29, 1.82) is 0 Å². The van der Waals surface area contributed by atoms with Crippen LogP contribution in [0, 0.1) is 13.8 Å². The third-order valence-electron chi connectivity index (χ3n) is 3.27. The Morgan fingerprint density at radius 1 is 1.39 bits per heavy atom. The van der Waals surface area contributed by atoms with Crippen LogP contribution >= 0.6 is 12.4 Å². The molecule has 0 atom stereocenters. The Kier molecular flexibility index (Phi) is 6.35. The number of nitrogens with zero attached hydrogens (tertiary/aromatic N) is 1. The number of nitrogens with two attached hydrogens (primary N) is 1. The van der Waals surface area contributed by atoms with E-state index in [1.165, 1.54) is 0 Å². The van der Waals surface area contributed by atoms with Gasteiger partial charge in [0.05, 0.1) is 5.69 Å². The molecule has 0 saturated heterocycles. The molecule has 0 radical (unpaired) electrons. The smallest absolute Gasteiger partial charge is 0.256 e. The van der Waals surface area contributed by atoms with E-state index in [0.717, 1.165) is 12.8 Å². The fourth-order valence-corrected chi connectivity index (χ4v) is 1.65. The van der Waals surface area contributed by atoms with E-state index in [1.54, 1.807) is 13.8 Å². The van der Waals surface area contributed by atoms with Crippen molar-refractivity contribution in [3.05, 3.63) is 17.0 Å². The quantitative estimate of drug-likeness (QED) is 0.861. The van der Waals surface area contributed by atoms with Crippen LogP contribution < -0.4 is 11.1 Å². The van der Waals surface area contributed by atoms with Crippen molar-refractivity contribution in [2.75, 3.05) is 6.54 Å². The number of aromatic nitrogens is 1. The van der Waals surface area contributed by atoms with Crippen molar-refractivity contribution in [1.82, 2.24) is 10.5 Å². The van der Waals surface area contributed by atoms with Gasteiger partial charge in [0.1, 0.15) is 11.3 Å². The number of carbonyl (C=O) groups excluding carboxylic acids is 1. The highest BCUT2D eigenvalue weighted by Gasteiger charge is 2.23. The lowest BCUT2D eigenvalue weighted by Gasteiger charge is -2.26. The third kappa shape index (κ3) is 3.71. The Bertz CT molecular complexity index is 381. The zero-order valence-electron chi connectivity index (χ0n) is 11.4. The summed E-state index contributed by atoms with van der Waals surface area (Å²) >= 11 is 0. The molecule has 0 bridgehead atoms. The average molecular weight is 276 g/mol. The molecule has 0 aliphatic heterocycles. The Morgan fingerprint density at radius 2 is 1.94 bits per heavy atom. The van der Waals surface area contributed by atoms with E-state index in [4.69, 9.17) is 10.3 Å². The second kappa shape index (κ2) is 6.75. The predicted molar refractivity (Wildman–Crippen MR) is 73.1 cm³/mol. The maximum Gasteiger partial charge on any atom is 0.256 e. The molecule has 0 fully saturated rings. The topological polar surface area (TPSA) is 81.1 Å². The summed E-state index contributed by atoms with van der Waals surface area (Å²) in [6.07, 6.45) is 1.65. The largest absolute Gasteiger partial charge is 0.361 e. The fraction of sp³-hybridized carbons (Fsp3) is 0.667. The van der Waals surface area contributed by atoms with Crippen molar-refractivity contribution in [3.63, 3.8) is 0 Å². The zero-order valence-corrected chi connectivity index (χ0v) is 12.2. The second-order valence-electron chi connectivity index (χ2n) is 4.45. The molecular formula is C12H22ClN3O2. The molecule has 104 valence electrons. The van der Waals surface area contributed by atoms with Gasteiger partial charge in [-0.2, -0.15) is 0 Å². The molecule has 6 heteroatoms.